The van der Waals surface area contributed by atoms with Gasteiger partial charge in [0.15, 0.2) is 0 Å². The standard InChI is InChI=1S/C26H25NO4/c1-29-25(28)26(16-20-9-4-2-5-10-20)17-24(27-31-26)19-30-18-21-11-8-14-23(15-21)22-12-6-3-7-13-22/h2-15H,16-19H2,1H3. The summed E-state index contributed by atoms with van der Waals surface area (Å²) in [4.78, 5) is 18.1. The van der Waals surface area contributed by atoms with Gasteiger partial charge in [-0.3, -0.25) is 0 Å². The Bertz CT molecular complexity index is 1050. The molecule has 1 heterocycles. The molecular formula is C26H25NO4. The van der Waals surface area contributed by atoms with E-state index in [1.54, 1.807) is 0 Å². The fourth-order valence-corrected chi connectivity index (χ4v) is 3.77. The smallest absolute Gasteiger partial charge is 0.353 e. The van der Waals surface area contributed by atoms with Gasteiger partial charge in [-0.25, -0.2) is 4.79 Å². The molecule has 0 N–H and O–H groups in total. The van der Waals surface area contributed by atoms with Gasteiger partial charge in [0.1, 0.15) is 0 Å². The molecule has 1 aliphatic heterocycles. The van der Waals surface area contributed by atoms with E-state index < -0.39 is 11.6 Å². The van der Waals surface area contributed by atoms with Crippen LogP contribution < -0.4 is 0 Å². The highest BCUT2D eigenvalue weighted by atomic mass is 16.7. The minimum atomic E-state index is -1.14. The molecule has 5 heteroatoms. The van der Waals surface area contributed by atoms with Crippen LogP contribution in [0.3, 0.4) is 0 Å². The largest absolute Gasteiger partial charge is 0.466 e. The van der Waals surface area contributed by atoms with Gasteiger partial charge in [0.2, 0.25) is 5.60 Å². The Labute approximate surface area is 182 Å². The van der Waals surface area contributed by atoms with Crippen LogP contribution in [-0.4, -0.2) is 31.0 Å². The Hall–Kier alpha value is -3.44. The number of hydrogen-bond acceptors (Lipinski definition) is 5. The van der Waals surface area contributed by atoms with Gasteiger partial charge in [-0.05, 0) is 28.3 Å². The molecule has 4 rings (SSSR count). The quantitative estimate of drug-likeness (QED) is 0.496. The zero-order chi connectivity index (χ0) is 21.5. The van der Waals surface area contributed by atoms with Crippen LogP contribution in [0, 0.1) is 0 Å². The molecule has 3 aromatic carbocycles. The predicted octanol–water partition coefficient (Wildman–Crippen LogP) is 4.80. The first-order valence-corrected chi connectivity index (χ1v) is 10.3. The molecule has 0 saturated heterocycles. The second-order valence-corrected chi connectivity index (χ2v) is 7.63. The molecule has 158 valence electrons. The van der Waals surface area contributed by atoms with Crippen molar-refractivity contribution >= 4 is 11.7 Å². The molecule has 0 bridgehead atoms. The van der Waals surface area contributed by atoms with Gasteiger partial charge in [0.25, 0.3) is 0 Å². The van der Waals surface area contributed by atoms with Crippen molar-refractivity contribution in [2.24, 2.45) is 5.16 Å². The van der Waals surface area contributed by atoms with E-state index in [0.717, 1.165) is 16.7 Å². The third kappa shape index (κ3) is 5.01. The average molecular weight is 415 g/mol. The normalized spacial score (nSPS) is 17.6. The van der Waals surface area contributed by atoms with Crippen molar-refractivity contribution in [3.8, 4) is 11.1 Å². The number of oxime groups is 1. The lowest BCUT2D eigenvalue weighted by molar-refractivity contribution is -0.166. The summed E-state index contributed by atoms with van der Waals surface area (Å²) in [7, 11) is 1.37. The van der Waals surface area contributed by atoms with Gasteiger partial charge < -0.3 is 14.3 Å². The van der Waals surface area contributed by atoms with Gasteiger partial charge in [0.05, 0.1) is 26.0 Å². The molecule has 0 aliphatic carbocycles. The zero-order valence-electron chi connectivity index (χ0n) is 17.5. The molecule has 0 fully saturated rings. The molecule has 5 nitrogen and oxygen atoms in total. The predicted molar refractivity (Wildman–Crippen MR) is 120 cm³/mol. The number of nitrogens with zero attached hydrogens (tertiary/aromatic N) is 1. The highest BCUT2D eigenvalue weighted by Gasteiger charge is 2.47. The Balaban J connectivity index is 1.36. The molecule has 1 unspecified atom stereocenters. The lowest BCUT2D eigenvalue weighted by Crippen LogP contribution is -2.42. The van der Waals surface area contributed by atoms with Crippen LogP contribution in [-0.2, 0) is 32.1 Å². The second-order valence-electron chi connectivity index (χ2n) is 7.63. The van der Waals surface area contributed by atoms with Gasteiger partial charge in [-0.15, -0.1) is 0 Å². The summed E-state index contributed by atoms with van der Waals surface area (Å²) < 4.78 is 10.9. The Morgan fingerprint density at radius 2 is 1.58 bits per heavy atom. The maximum atomic E-state index is 12.5. The van der Waals surface area contributed by atoms with Crippen LogP contribution in [0.2, 0.25) is 0 Å². The van der Waals surface area contributed by atoms with E-state index in [0.29, 0.717) is 31.8 Å². The van der Waals surface area contributed by atoms with Crippen LogP contribution in [0.1, 0.15) is 17.5 Å². The van der Waals surface area contributed by atoms with Crippen molar-refractivity contribution in [2.45, 2.75) is 25.0 Å². The lowest BCUT2D eigenvalue weighted by atomic mass is 9.90. The van der Waals surface area contributed by atoms with Crippen molar-refractivity contribution in [1.82, 2.24) is 0 Å². The Kier molecular flexibility index (Phi) is 6.43. The Morgan fingerprint density at radius 1 is 0.903 bits per heavy atom. The van der Waals surface area contributed by atoms with E-state index in [1.165, 1.54) is 12.7 Å². The number of carbonyl (C=O) groups excluding carboxylic acids is 1. The van der Waals surface area contributed by atoms with E-state index >= 15 is 0 Å². The maximum absolute atomic E-state index is 12.5. The van der Waals surface area contributed by atoms with Crippen molar-refractivity contribution < 1.29 is 19.1 Å². The van der Waals surface area contributed by atoms with Crippen molar-refractivity contribution in [3.63, 3.8) is 0 Å². The lowest BCUT2D eigenvalue weighted by Gasteiger charge is -2.23. The maximum Gasteiger partial charge on any atom is 0.353 e. The summed E-state index contributed by atoms with van der Waals surface area (Å²) in [5.41, 5.74) is 3.94. The summed E-state index contributed by atoms with van der Waals surface area (Å²) in [6.07, 6.45) is 0.741. The molecule has 3 aromatic rings. The number of carbonyl (C=O) groups is 1. The molecular weight excluding hydrogens is 390 g/mol. The zero-order valence-corrected chi connectivity index (χ0v) is 17.5. The fraction of sp³-hybridized carbons (Fsp3) is 0.231. The number of esters is 1. The van der Waals surface area contributed by atoms with Crippen LogP contribution in [0.25, 0.3) is 11.1 Å². The van der Waals surface area contributed by atoms with Gasteiger partial charge in [0, 0.05) is 12.8 Å². The third-order valence-corrected chi connectivity index (χ3v) is 5.30. The number of hydrogen-bond donors (Lipinski definition) is 0. The highest BCUT2D eigenvalue weighted by molar-refractivity contribution is 5.94. The summed E-state index contributed by atoms with van der Waals surface area (Å²) in [5, 5.41) is 4.14. The molecule has 0 aromatic heterocycles. The number of rotatable bonds is 8. The van der Waals surface area contributed by atoms with Gasteiger partial charge in [-0.2, -0.15) is 0 Å². The molecule has 1 atom stereocenters. The minimum Gasteiger partial charge on any atom is -0.466 e. The molecule has 0 saturated carbocycles. The topological polar surface area (TPSA) is 57.1 Å². The number of methoxy groups -OCH3 is 1. The molecule has 31 heavy (non-hydrogen) atoms. The molecule has 0 spiro atoms. The fourth-order valence-electron chi connectivity index (χ4n) is 3.77. The van der Waals surface area contributed by atoms with Crippen LogP contribution >= 0.6 is 0 Å². The summed E-state index contributed by atoms with van der Waals surface area (Å²) in [6, 6.07) is 28.2. The summed E-state index contributed by atoms with van der Waals surface area (Å²) in [6.45, 7) is 0.743. The van der Waals surface area contributed by atoms with E-state index in [4.69, 9.17) is 14.3 Å². The third-order valence-electron chi connectivity index (χ3n) is 5.30. The molecule has 0 radical (unpaired) electrons. The minimum absolute atomic E-state index is 0.295. The van der Waals surface area contributed by atoms with Crippen molar-refractivity contribution in [1.29, 1.82) is 0 Å². The highest BCUT2D eigenvalue weighted by Crippen LogP contribution is 2.30. The van der Waals surface area contributed by atoms with Crippen LogP contribution in [0.4, 0.5) is 0 Å². The van der Waals surface area contributed by atoms with Gasteiger partial charge in [-0.1, -0.05) is 84.0 Å². The summed E-state index contributed by atoms with van der Waals surface area (Å²) in [5.74, 6) is -0.425. The monoisotopic (exact) mass is 415 g/mol. The van der Waals surface area contributed by atoms with E-state index in [-0.39, 0.29) is 0 Å². The first kappa shape index (κ1) is 20.8. The first-order valence-electron chi connectivity index (χ1n) is 10.3. The second kappa shape index (κ2) is 9.58. The number of ether oxygens (including phenoxy) is 2. The molecule has 1 aliphatic rings. The average Bonchev–Trinajstić information content (AvgIpc) is 3.24. The van der Waals surface area contributed by atoms with Crippen molar-refractivity contribution in [3.05, 3.63) is 96.1 Å². The van der Waals surface area contributed by atoms with E-state index in [2.05, 4.69) is 29.4 Å². The van der Waals surface area contributed by atoms with Gasteiger partial charge >= 0.3 is 5.97 Å². The number of benzene rings is 3. The van der Waals surface area contributed by atoms with E-state index in [1.807, 2.05) is 60.7 Å². The molecule has 0 amide bonds. The van der Waals surface area contributed by atoms with Crippen LogP contribution in [0.15, 0.2) is 90.1 Å². The summed E-state index contributed by atoms with van der Waals surface area (Å²) >= 11 is 0. The van der Waals surface area contributed by atoms with E-state index in [9.17, 15) is 4.79 Å². The Morgan fingerprint density at radius 3 is 2.32 bits per heavy atom. The van der Waals surface area contributed by atoms with Crippen molar-refractivity contribution in [2.75, 3.05) is 13.7 Å². The first-order chi connectivity index (χ1) is 15.2. The van der Waals surface area contributed by atoms with Crippen LogP contribution in [0.5, 0.6) is 0 Å². The SMILES string of the molecule is COC(=O)C1(Cc2ccccc2)CC(COCc2cccc(-c3ccccc3)c2)=NO1.